The van der Waals surface area contributed by atoms with Gasteiger partial charge < -0.3 is 0 Å². The molecule has 0 unspecified atom stereocenters. The van der Waals surface area contributed by atoms with Gasteiger partial charge in [0.2, 0.25) is 0 Å². The lowest BCUT2D eigenvalue weighted by molar-refractivity contribution is -0.120. The normalized spacial score (nSPS) is 11.3. The van der Waals surface area contributed by atoms with Crippen LogP contribution in [0.15, 0.2) is 0 Å². The molecule has 0 atom stereocenters. The predicted molar refractivity (Wildman–Crippen MR) is 28.0 cm³/mol. The summed E-state index contributed by atoms with van der Waals surface area (Å²) in [5, 5.41) is 0. The summed E-state index contributed by atoms with van der Waals surface area (Å²) in [6.07, 6.45) is 0. The van der Waals surface area contributed by atoms with Gasteiger partial charge in [-0.25, -0.2) is 0 Å². The topological polar surface area (TPSA) is 40.9 Å². The summed E-state index contributed by atoms with van der Waals surface area (Å²) in [7, 11) is 0. The van der Waals surface area contributed by atoms with E-state index in [1.165, 1.54) is 13.8 Å². The summed E-state index contributed by atoms with van der Waals surface area (Å²) >= 11 is 5.33. The summed E-state index contributed by atoms with van der Waals surface area (Å²) in [4.78, 5) is 9.00. The first-order chi connectivity index (χ1) is 2.94. The Bertz CT molecular complexity index is 84.2. The molecular formula is C4H7ClNO. The van der Waals surface area contributed by atoms with Crippen molar-refractivity contribution in [2.24, 2.45) is 0 Å². The molecule has 1 N–H and O–H groups in total. The molecule has 41 valence electrons. The third-order valence-corrected chi connectivity index (χ3v) is 0.712. The van der Waals surface area contributed by atoms with Crippen LogP contribution in [0.2, 0.25) is 0 Å². The zero-order valence-corrected chi connectivity index (χ0v) is 5.04. The van der Waals surface area contributed by atoms with Crippen LogP contribution >= 0.6 is 11.6 Å². The van der Waals surface area contributed by atoms with Crippen LogP contribution in [-0.4, -0.2) is 10.8 Å². The molecule has 0 spiro atoms. The van der Waals surface area contributed by atoms with E-state index in [1.54, 1.807) is 0 Å². The Morgan fingerprint density at radius 2 is 1.86 bits per heavy atom. The molecule has 0 aromatic heterocycles. The highest BCUT2D eigenvalue weighted by Gasteiger charge is 2.20. The Morgan fingerprint density at radius 3 is 1.86 bits per heavy atom. The number of nitrogens with one attached hydrogen (secondary N) is 1. The second-order valence-electron chi connectivity index (χ2n) is 1.80. The van der Waals surface area contributed by atoms with Crippen LogP contribution in [0, 0.1) is 0 Å². The van der Waals surface area contributed by atoms with Crippen LogP contribution in [-0.2, 0) is 4.79 Å². The van der Waals surface area contributed by atoms with Gasteiger partial charge in [0.05, 0.1) is 0 Å². The molecule has 0 rings (SSSR count). The molecule has 7 heavy (non-hydrogen) atoms. The maximum absolute atomic E-state index is 10.0. The number of alkyl halides is 1. The van der Waals surface area contributed by atoms with Gasteiger partial charge in [-0.1, -0.05) is 0 Å². The van der Waals surface area contributed by atoms with E-state index in [4.69, 9.17) is 17.3 Å². The molecule has 0 aliphatic heterocycles. The number of carbonyl (C=O) groups excluding carboxylic acids is 1. The Labute approximate surface area is 47.6 Å². The highest BCUT2D eigenvalue weighted by atomic mass is 35.5. The average molecular weight is 121 g/mol. The zero-order chi connectivity index (χ0) is 6.08. The lowest BCUT2D eigenvalue weighted by Crippen LogP contribution is -2.24. The quantitative estimate of drug-likeness (QED) is 0.472. The molecule has 1 amide bonds. The minimum Gasteiger partial charge on any atom is -0.271 e. The van der Waals surface area contributed by atoms with E-state index >= 15 is 0 Å². The lowest BCUT2D eigenvalue weighted by Gasteiger charge is -2.06. The van der Waals surface area contributed by atoms with Gasteiger partial charge in [0, 0.05) is 0 Å². The Morgan fingerprint density at radius 1 is 1.71 bits per heavy atom. The molecule has 0 fully saturated rings. The van der Waals surface area contributed by atoms with Gasteiger partial charge in [-0.15, -0.1) is 11.6 Å². The van der Waals surface area contributed by atoms with E-state index in [9.17, 15) is 4.79 Å². The summed E-state index contributed by atoms with van der Waals surface area (Å²) in [6.45, 7) is 2.98. The van der Waals surface area contributed by atoms with Crippen molar-refractivity contribution in [2.45, 2.75) is 18.7 Å². The van der Waals surface area contributed by atoms with Gasteiger partial charge in [0.25, 0.3) is 5.91 Å². The monoisotopic (exact) mass is 120 g/mol. The second kappa shape index (κ2) is 1.70. The Hall–Kier alpha value is -0.240. The third kappa shape index (κ3) is 2.45. The fourth-order valence-electron chi connectivity index (χ4n) is 0. The standard InChI is InChI=1S/C4H7ClNO/c1-4(2,5)3(6)7/h6H,1-2H3. The number of amides is 1. The SMILES string of the molecule is CC(C)(Cl)C([NH])=O. The molecule has 0 saturated heterocycles. The maximum Gasteiger partial charge on any atom is 0.258 e. The molecule has 3 heteroatoms. The van der Waals surface area contributed by atoms with Crippen LogP contribution in [0.5, 0.6) is 0 Å². The first kappa shape index (κ1) is 6.76. The number of halogens is 1. The molecular weight excluding hydrogens is 114 g/mol. The number of rotatable bonds is 1. The van der Waals surface area contributed by atoms with E-state index in [0.717, 1.165) is 0 Å². The fourth-order valence-corrected chi connectivity index (χ4v) is 0. The molecule has 0 saturated carbocycles. The van der Waals surface area contributed by atoms with Crippen molar-refractivity contribution in [1.29, 1.82) is 0 Å². The molecule has 0 bridgehead atoms. The van der Waals surface area contributed by atoms with Crippen LogP contribution in [0.1, 0.15) is 13.8 Å². The van der Waals surface area contributed by atoms with Crippen LogP contribution < -0.4 is 5.73 Å². The Balaban J connectivity index is 3.79. The predicted octanol–water partition coefficient (Wildman–Crippen LogP) is 0.813. The average Bonchev–Trinajstić information content (AvgIpc) is 1.31. The van der Waals surface area contributed by atoms with Crippen molar-refractivity contribution < 1.29 is 4.79 Å². The molecule has 0 aromatic carbocycles. The molecule has 0 aliphatic carbocycles. The van der Waals surface area contributed by atoms with Gasteiger partial charge in [-0.3, -0.25) is 10.5 Å². The smallest absolute Gasteiger partial charge is 0.258 e. The van der Waals surface area contributed by atoms with Crippen LogP contribution in [0.4, 0.5) is 0 Å². The summed E-state index contributed by atoms with van der Waals surface area (Å²) in [6, 6.07) is 0. The maximum atomic E-state index is 10.0. The van der Waals surface area contributed by atoms with E-state index in [0.29, 0.717) is 0 Å². The van der Waals surface area contributed by atoms with Crippen LogP contribution in [0.3, 0.4) is 0 Å². The van der Waals surface area contributed by atoms with Crippen molar-refractivity contribution in [3.8, 4) is 0 Å². The first-order valence-corrected chi connectivity index (χ1v) is 2.27. The first-order valence-electron chi connectivity index (χ1n) is 1.89. The molecule has 2 nitrogen and oxygen atoms in total. The molecule has 1 radical (unpaired) electrons. The number of hydrogen-bond acceptors (Lipinski definition) is 1. The minimum absolute atomic E-state index is 0.742. The fraction of sp³-hybridized carbons (Fsp3) is 0.750. The van der Waals surface area contributed by atoms with Gasteiger partial charge >= 0.3 is 0 Å². The minimum atomic E-state index is -1.00. The largest absolute Gasteiger partial charge is 0.271 e. The zero-order valence-electron chi connectivity index (χ0n) is 4.29. The van der Waals surface area contributed by atoms with Crippen molar-refractivity contribution >= 4 is 17.5 Å². The van der Waals surface area contributed by atoms with Crippen LogP contribution in [0.25, 0.3) is 0 Å². The van der Waals surface area contributed by atoms with Crippen molar-refractivity contribution in [3.63, 3.8) is 0 Å². The molecule has 0 aromatic rings. The van der Waals surface area contributed by atoms with Gasteiger partial charge in [0.1, 0.15) is 4.87 Å². The highest BCUT2D eigenvalue weighted by molar-refractivity contribution is 6.33. The van der Waals surface area contributed by atoms with E-state index < -0.39 is 10.8 Å². The van der Waals surface area contributed by atoms with E-state index in [2.05, 4.69) is 0 Å². The number of hydrogen-bond donors (Lipinski definition) is 0. The van der Waals surface area contributed by atoms with Gasteiger partial charge in [0.15, 0.2) is 0 Å². The Kier molecular flexibility index (Phi) is 1.64. The van der Waals surface area contributed by atoms with Crippen molar-refractivity contribution in [3.05, 3.63) is 0 Å². The lowest BCUT2D eigenvalue weighted by atomic mass is 10.2. The summed E-state index contributed by atoms with van der Waals surface area (Å²) < 4.78 is 0. The van der Waals surface area contributed by atoms with Gasteiger partial charge in [-0.2, -0.15) is 0 Å². The van der Waals surface area contributed by atoms with E-state index in [-0.39, 0.29) is 0 Å². The summed E-state index contributed by atoms with van der Waals surface area (Å²) in [5.41, 5.74) is 6.46. The molecule has 0 aliphatic rings. The van der Waals surface area contributed by atoms with Gasteiger partial charge in [-0.05, 0) is 13.8 Å². The molecule has 0 heterocycles. The van der Waals surface area contributed by atoms with Crippen molar-refractivity contribution in [2.75, 3.05) is 0 Å². The third-order valence-electron chi connectivity index (χ3n) is 0.540. The second-order valence-corrected chi connectivity index (χ2v) is 2.75. The highest BCUT2D eigenvalue weighted by Crippen LogP contribution is 2.10. The number of carbonyl (C=O) groups is 1. The summed E-state index contributed by atoms with van der Waals surface area (Å²) in [5.74, 6) is -0.742. The van der Waals surface area contributed by atoms with E-state index in [1.807, 2.05) is 0 Å². The van der Waals surface area contributed by atoms with Crippen molar-refractivity contribution in [1.82, 2.24) is 5.73 Å².